The predicted octanol–water partition coefficient (Wildman–Crippen LogP) is 0.334. The molecular formula is C9H12N2O2. The van der Waals surface area contributed by atoms with Gasteiger partial charge in [-0.15, -0.1) is 0 Å². The van der Waals surface area contributed by atoms with E-state index in [4.69, 9.17) is 0 Å². The van der Waals surface area contributed by atoms with E-state index < -0.39 is 0 Å². The first-order valence-electron chi connectivity index (χ1n) is 3.88. The fourth-order valence-corrected chi connectivity index (χ4v) is 1.11. The molecule has 70 valence electrons. The van der Waals surface area contributed by atoms with Crippen molar-refractivity contribution in [3.8, 4) is 0 Å². The Kier molecular flexibility index (Phi) is 2.34. The summed E-state index contributed by atoms with van der Waals surface area (Å²) in [5, 5.41) is 2.49. The summed E-state index contributed by atoms with van der Waals surface area (Å²) in [6.45, 7) is 5.30. The summed E-state index contributed by atoms with van der Waals surface area (Å²) in [5.41, 5.74) is 1.00. The number of carbonyl (C=O) groups excluding carboxylic acids is 2. The molecule has 0 aromatic rings. The van der Waals surface area contributed by atoms with Gasteiger partial charge in [-0.2, -0.15) is 0 Å². The maximum absolute atomic E-state index is 11.5. The zero-order valence-corrected chi connectivity index (χ0v) is 8.00. The van der Waals surface area contributed by atoms with E-state index in [1.807, 2.05) is 0 Å². The lowest BCUT2D eigenvalue weighted by molar-refractivity contribution is -0.154. The average Bonchev–Trinajstić information content (AvgIpc) is 1.99. The van der Waals surface area contributed by atoms with Crippen LogP contribution in [0.2, 0.25) is 0 Å². The Labute approximate surface area is 77.1 Å². The van der Waals surface area contributed by atoms with Gasteiger partial charge in [0.2, 0.25) is 0 Å². The van der Waals surface area contributed by atoms with E-state index in [2.05, 4.69) is 6.58 Å². The van der Waals surface area contributed by atoms with Gasteiger partial charge in [-0.1, -0.05) is 6.58 Å². The summed E-state index contributed by atoms with van der Waals surface area (Å²) in [7, 11) is 3.27. The first-order valence-corrected chi connectivity index (χ1v) is 3.88. The quantitative estimate of drug-likeness (QED) is 0.431. The first kappa shape index (κ1) is 9.67. The summed E-state index contributed by atoms with van der Waals surface area (Å²) in [5.74, 6) is -0.671. The molecule has 1 rings (SSSR count). The molecule has 1 aliphatic heterocycles. The zero-order valence-electron chi connectivity index (χ0n) is 8.00. The molecule has 1 aliphatic rings. The van der Waals surface area contributed by atoms with Crippen LogP contribution < -0.4 is 0 Å². The third kappa shape index (κ3) is 1.53. The number of imide groups is 1. The van der Waals surface area contributed by atoms with Crippen molar-refractivity contribution in [1.29, 1.82) is 0 Å². The van der Waals surface area contributed by atoms with E-state index in [-0.39, 0.29) is 11.8 Å². The fraction of sp³-hybridized carbons (Fsp3) is 0.333. The molecule has 13 heavy (non-hydrogen) atoms. The van der Waals surface area contributed by atoms with Crippen LogP contribution in [0.25, 0.3) is 0 Å². The van der Waals surface area contributed by atoms with Crippen LogP contribution in [0.1, 0.15) is 6.92 Å². The molecule has 4 heteroatoms. The Balaban J connectivity index is 3.10. The highest BCUT2D eigenvalue weighted by atomic mass is 16.2. The molecule has 0 unspecified atom stereocenters. The van der Waals surface area contributed by atoms with Crippen LogP contribution in [-0.2, 0) is 9.59 Å². The summed E-state index contributed by atoms with van der Waals surface area (Å²) in [4.78, 5) is 22.9. The largest absolute Gasteiger partial charge is 0.275 e. The molecule has 0 saturated carbocycles. The number of nitrogens with zero attached hydrogens (tertiary/aromatic N) is 2. The Morgan fingerprint density at radius 2 is 1.92 bits per heavy atom. The molecule has 0 aromatic carbocycles. The van der Waals surface area contributed by atoms with E-state index in [0.717, 1.165) is 5.01 Å². The van der Waals surface area contributed by atoms with Crippen molar-refractivity contribution < 1.29 is 9.59 Å². The Bertz CT molecular complexity index is 316. The molecule has 1 heterocycles. The van der Waals surface area contributed by atoms with Crippen molar-refractivity contribution in [2.24, 2.45) is 0 Å². The third-order valence-electron chi connectivity index (χ3n) is 1.88. The second kappa shape index (κ2) is 3.14. The van der Waals surface area contributed by atoms with Gasteiger partial charge in [0.1, 0.15) is 0 Å². The molecule has 0 fully saturated rings. The molecule has 0 atom stereocenters. The van der Waals surface area contributed by atoms with Gasteiger partial charge in [0, 0.05) is 25.7 Å². The highest BCUT2D eigenvalue weighted by Crippen LogP contribution is 2.17. The molecule has 4 nitrogen and oxygen atoms in total. The van der Waals surface area contributed by atoms with Crippen LogP contribution in [-0.4, -0.2) is 35.9 Å². The average molecular weight is 180 g/mol. The standard InChI is InChI=1S/C9H12N2O2/c1-6-5-8(12)11(10(3)4)9(13)7(6)2/h5H,2H2,1,3-4H3. The van der Waals surface area contributed by atoms with E-state index in [1.165, 1.54) is 11.1 Å². The minimum absolute atomic E-state index is 0.320. The highest BCUT2D eigenvalue weighted by Gasteiger charge is 2.29. The lowest BCUT2D eigenvalue weighted by Gasteiger charge is -2.29. The second-order valence-electron chi connectivity index (χ2n) is 3.11. The number of amides is 2. The molecule has 0 N–H and O–H groups in total. The number of hydrogen-bond acceptors (Lipinski definition) is 3. The molecular weight excluding hydrogens is 168 g/mol. The van der Waals surface area contributed by atoms with Crippen molar-refractivity contribution in [3.63, 3.8) is 0 Å². The predicted molar refractivity (Wildman–Crippen MR) is 48.4 cm³/mol. The molecule has 0 aromatic heterocycles. The molecule has 0 bridgehead atoms. The smallest absolute Gasteiger partial charge is 0.268 e. The first-order chi connectivity index (χ1) is 5.95. The Morgan fingerprint density at radius 3 is 2.38 bits per heavy atom. The molecule has 0 radical (unpaired) electrons. The van der Waals surface area contributed by atoms with Gasteiger partial charge >= 0.3 is 0 Å². The number of rotatable bonds is 1. The number of hydrazine groups is 1. The van der Waals surface area contributed by atoms with Gasteiger partial charge in [-0.25, -0.2) is 10.0 Å². The summed E-state index contributed by atoms with van der Waals surface area (Å²) in [6.07, 6.45) is 1.41. The fourth-order valence-electron chi connectivity index (χ4n) is 1.11. The lowest BCUT2D eigenvalue weighted by Crippen LogP contribution is -2.48. The minimum atomic E-state index is -0.352. The summed E-state index contributed by atoms with van der Waals surface area (Å²) in [6, 6.07) is 0. The molecule has 0 aliphatic carbocycles. The van der Waals surface area contributed by atoms with Crippen LogP contribution in [0.3, 0.4) is 0 Å². The Hall–Kier alpha value is -1.42. The van der Waals surface area contributed by atoms with Crippen LogP contribution in [0.5, 0.6) is 0 Å². The SMILES string of the molecule is C=C1C(=O)N(N(C)C)C(=O)C=C1C. The van der Waals surface area contributed by atoms with Gasteiger partial charge < -0.3 is 0 Å². The van der Waals surface area contributed by atoms with E-state index in [0.29, 0.717) is 11.1 Å². The Morgan fingerprint density at radius 1 is 1.38 bits per heavy atom. The van der Waals surface area contributed by atoms with Crippen molar-refractivity contribution in [3.05, 3.63) is 23.8 Å². The molecule has 0 spiro atoms. The number of hydrogen-bond donors (Lipinski definition) is 0. The van der Waals surface area contributed by atoms with Gasteiger partial charge in [0.25, 0.3) is 11.8 Å². The summed E-state index contributed by atoms with van der Waals surface area (Å²) >= 11 is 0. The van der Waals surface area contributed by atoms with Crippen molar-refractivity contribution in [2.45, 2.75) is 6.92 Å². The molecule has 2 amide bonds. The van der Waals surface area contributed by atoms with Gasteiger partial charge in [-0.3, -0.25) is 9.59 Å². The zero-order chi connectivity index (χ0) is 10.2. The normalized spacial score (nSPS) is 18.3. The topological polar surface area (TPSA) is 40.6 Å². The molecule has 0 saturated heterocycles. The number of carbonyl (C=O) groups is 2. The minimum Gasteiger partial charge on any atom is -0.268 e. The monoisotopic (exact) mass is 180 g/mol. The van der Waals surface area contributed by atoms with Crippen molar-refractivity contribution >= 4 is 11.8 Å². The highest BCUT2D eigenvalue weighted by molar-refractivity contribution is 6.13. The van der Waals surface area contributed by atoms with Crippen molar-refractivity contribution in [1.82, 2.24) is 10.0 Å². The van der Waals surface area contributed by atoms with Crippen LogP contribution in [0.4, 0.5) is 0 Å². The maximum atomic E-state index is 11.5. The van der Waals surface area contributed by atoms with E-state index in [9.17, 15) is 9.59 Å². The van der Waals surface area contributed by atoms with Gasteiger partial charge in [-0.05, 0) is 12.5 Å². The lowest BCUT2D eigenvalue weighted by atomic mass is 10.1. The third-order valence-corrected chi connectivity index (χ3v) is 1.88. The van der Waals surface area contributed by atoms with E-state index >= 15 is 0 Å². The second-order valence-corrected chi connectivity index (χ2v) is 3.11. The van der Waals surface area contributed by atoms with Crippen LogP contribution >= 0.6 is 0 Å². The maximum Gasteiger partial charge on any atom is 0.275 e. The van der Waals surface area contributed by atoms with Crippen LogP contribution in [0, 0.1) is 0 Å². The van der Waals surface area contributed by atoms with Gasteiger partial charge in [0.15, 0.2) is 0 Å². The summed E-state index contributed by atoms with van der Waals surface area (Å²) < 4.78 is 0. The van der Waals surface area contributed by atoms with Gasteiger partial charge in [0.05, 0.1) is 0 Å². The van der Waals surface area contributed by atoms with Crippen LogP contribution in [0.15, 0.2) is 23.8 Å². The van der Waals surface area contributed by atoms with Crippen molar-refractivity contribution in [2.75, 3.05) is 14.1 Å². The van der Waals surface area contributed by atoms with E-state index in [1.54, 1.807) is 21.0 Å².